The van der Waals surface area contributed by atoms with Gasteiger partial charge in [0.2, 0.25) is 17.8 Å². The lowest BCUT2D eigenvalue weighted by atomic mass is 10.1. The van der Waals surface area contributed by atoms with E-state index >= 15 is 0 Å². The van der Waals surface area contributed by atoms with Gasteiger partial charge in [-0.1, -0.05) is 42.5 Å². The molecule has 0 bridgehead atoms. The van der Waals surface area contributed by atoms with Crippen LogP contribution in [0.5, 0.6) is 5.75 Å². The Kier molecular flexibility index (Phi) is 5.07. The lowest BCUT2D eigenvalue weighted by molar-refractivity contribution is -0.126. The maximum atomic E-state index is 13.3. The van der Waals surface area contributed by atoms with Crippen molar-refractivity contribution in [1.82, 2.24) is 9.55 Å². The number of nitrogens with one attached hydrogen (secondary N) is 1. The number of para-hydroxylation sites is 2. The van der Waals surface area contributed by atoms with Crippen molar-refractivity contribution < 1.29 is 14.3 Å². The third-order valence-corrected chi connectivity index (χ3v) is 5.64. The number of hydrogen-bond donors (Lipinski definition) is 1. The van der Waals surface area contributed by atoms with Crippen LogP contribution in [0.15, 0.2) is 78.9 Å². The molecule has 7 heteroatoms. The van der Waals surface area contributed by atoms with Gasteiger partial charge in [0, 0.05) is 5.69 Å². The molecule has 5 rings (SSSR count). The van der Waals surface area contributed by atoms with E-state index in [0.717, 1.165) is 16.6 Å². The fourth-order valence-corrected chi connectivity index (χ4v) is 4.04. The summed E-state index contributed by atoms with van der Waals surface area (Å²) >= 11 is 0. The highest BCUT2D eigenvalue weighted by atomic mass is 16.5. The van der Waals surface area contributed by atoms with Crippen LogP contribution < -0.4 is 15.0 Å². The van der Waals surface area contributed by atoms with Gasteiger partial charge in [0.05, 0.1) is 31.1 Å². The molecule has 1 unspecified atom stereocenters. The van der Waals surface area contributed by atoms with Crippen molar-refractivity contribution in [3.05, 3.63) is 84.4 Å². The van der Waals surface area contributed by atoms with E-state index in [9.17, 15) is 9.59 Å². The number of carbonyl (C=O) groups excluding carboxylic acids is 2. The van der Waals surface area contributed by atoms with Crippen LogP contribution >= 0.6 is 0 Å². The molecule has 0 spiro atoms. The largest absolute Gasteiger partial charge is 0.497 e. The van der Waals surface area contributed by atoms with Gasteiger partial charge in [-0.25, -0.2) is 4.98 Å². The zero-order valence-corrected chi connectivity index (χ0v) is 17.6. The second-order valence-corrected chi connectivity index (χ2v) is 7.67. The Hall–Kier alpha value is -4.13. The molecule has 32 heavy (non-hydrogen) atoms. The lowest BCUT2D eigenvalue weighted by Crippen LogP contribution is -2.42. The SMILES string of the molecule is COc1ccc(NC(=O)C2CC(=O)N(Cc3ccccc3)c3nc4ccccc4n32)cc1. The molecule has 1 aliphatic rings. The van der Waals surface area contributed by atoms with Crippen molar-refractivity contribution in [1.29, 1.82) is 0 Å². The number of nitrogens with zero attached hydrogens (tertiary/aromatic N) is 3. The average molecular weight is 426 g/mol. The average Bonchev–Trinajstić information content (AvgIpc) is 3.21. The van der Waals surface area contributed by atoms with Crippen LogP contribution in [0.4, 0.5) is 11.6 Å². The van der Waals surface area contributed by atoms with Gasteiger partial charge in [-0.3, -0.25) is 19.1 Å². The molecule has 0 saturated heterocycles. The monoisotopic (exact) mass is 426 g/mol. The Morgan fingerprint density at radius 1 is 1.03 bits per heavy atom. The first-order valence-corrected chi connectivity index (χ1v) is 10.4. The second-order valence-electron chi connectivity index (χ2n) is 7.67. The summed E-state index contributed by atoms with van der Waals surface area (Å²) < 4.78 is 7.05. The van der Waals surface area contributed by atoms with Crippen molar-refractivity contribution in [2.45, 2.75) is 19.0 Å². The van der Waals surface area contributed by atoms with E-state index in [1.807, 2.05) is 59.2 Å². The van der Waals surface area contributed by atoms with Crippen molar-refractivity contribution in [2.24, 2.45) is 0 Å². The Morgan fingerprint density at radius 2 is 1.75 bits per heavy atom. The number of rotatable bonds is 5. The number of carbonyl (C=O) groups is 2. The number of amides is 2. The molecule has 2 amide bonds. The predicted molar refractivity (Wildman–Crippen MR) is 123 cm³/mol. The zero-order valence-electron chi connectivity index (χ0n) is 17.6. The molecule has 1 aromatic heterocycles. The predicted octanol–water partition coefficient (Wildman–Crippen LogP) is 4.16. The number of anilines is 2. The normalized spacial score (nSPS) is 15.5. The van der Waals surface area contributed by atoms with E-state index in [1.165, 1.54) is 0 Å². The van der Waals surface area contributed by atoms with Gasteiger partial charge in [0.25, 0.3) is 0 Å². The Balaban J connectivity index is 1.52. The molecule has 1 aliphatic heterocycles. The molecule has 0 aliphatic carbocycles. The Labute approximate surface area is 185 Å². The van der Waals surface area contributed by atoms with Crippen LogP contribution in [0.1, 0.15) is 18.0 Å². The first kappa shape index (κ1) is 19.8. The van der Waals surface area contributed by atoms with Crippen LogP contribution in [0.2, 0.25) is 0 Å². The summed E-state index contributed by atoms with van der Waals surface area (Å²) in [5, 5.41) is 2.93. The van der Waals surface area contributed by atoms with E-state index in [0.29, 0.717) is 23.9 Å². The van der Waals surface area contributed by atoms with E-state index in [4.69, 9.17) is 9.72 Å². The number of hydrogen-bond acceptors (Lipinski definition) is 4. The molecule has 7 nitrogen and oxygen atoms in total. The third-order valence-electron chi connectivity index (χ3n) is 5.64. The summed E-state index contributed by atoms with van der Waals surface area (Å²) in [6, 6.07) is 23.8. The maximum absolute atomic E-state index is 13.3. The van der Waals surface area contributed by atoms with Gasteiger partial charge in [-0.05, 0) is 42.0 Å². The van der Waals surface area contributed by atoms with Crippen LogP contribution in [-0.2, 0) is 16.1 Å². The molecule has 0 radical (unpaired) electrons. The standard InChI is InChI=1S/C25H22N4O3/c1-32-19-13-11-18(12-14-19)26-24(31)22-15-23(30)28(16-17-7-3-2-4-8-17)25-27-20-9-5-6-10-21(20)29(22)25/h2-14,22H,15-16H2,1H3,(H,26,31). The summed E-state index contributed by atoms with van der Waals surface area (Å²) in [6.45, 7) is 0.399. The van der Waals surface area contributed by atoms with E-state index in [2.05, 4.69) is 5.32 Å². The van der Waals surface area contributed by atoms with Crippen molar-refractivity contribution in [3.8, 4) is 5.75 Å². The number of ether oxygens (including phenoxy) is 1. The first-order chi connectivity index (χ1) is 15.6. The molecule has 4 aromatic rings. The van der Waals surface area contributed by atoms with Crippen LogP contribution in [0.3, 0.4) is 0 Å². The van der Waals surface area contributed by atoms with Crippen LogP contribution in [0.25, 0.3) is 11.0 Å². The van der Waals surface area contributed by atoms with E-state index in [1.54, 1.807) is 36.3 Å². The molecule has 2 heterocycles. The molecule has 160 valence electrons. The third kappa shape index (κ3) is 3.58. The molecular formula is C25H22N4O3. The van der Waals surface area contributed by atoms with E-state index in [-0.39, 0.29) is 18.2 Å². The van der Waals surface area contributed by atoms with E-state index < -0.39 is 6.04 Å². The minimum absolute atomic E-state index is 0.0577. The van der Waals surface area contributed by atoms with Crippen LogP contribution in [-0.4, -0.2) is 28.5 Å². The maximum Gasteiger partial charge on any atom is 0.248 e. The zero-order chi connectivity index (χ0) is 22.1. The summed E-state index contributed by atoms with van der Waals surface area (Å²) in [4.78, 5) is 32.8. The molecule has 0 saturated carbocycles. The topological polar surface area (TPSA) is 76.5 Å². The number of benzene rings is 3. The highest BCUT2D eigenvalue weighted by Crippen LogP contribution is 2.35. The summed E-state index contributed by atoms with van der Waals surface area (Å²) in [7, 11) is 1.59. The number of imidazole rings is 1. The van der Waals surface area contributed by atoms with Gasteiger partial charge < -0.3 is 10.1 Å². The first-order valence-electron chi connectivity index (χ1n) is 10.4. The molecule has 0 fully saturated rings. The fraction of sp³-hybridized carbons (Fsp3) is 0.160. The van der Waals surface area contributed by atoms with Gasteiger partial charge >= 0.3 is 0 Å². The molecule has 1 atom stereocenters. The lowest BCUT2D eigenvalue weighted by Gasteiger charge is -2.32. The van der Waals surface area contributed by atoms with Gasteiger partial charge in [-0.15, -0.1) is 0 Å². The van der Waals surface area contributed by atoms with Crippen LogP contribution in [0, 0.1) is 0 Å². The van der Waals surface area contributed by atoms with Crippen molar-refractivity contribution >= 4 is 34.5 Å². The Bertz CT molecular complexity index is 1280. The molecular weight excluding hydrogens is 404 g/mol. The minimum atomic E-state index is -0.695. The number of methoxy groups -OCH3 is 1. The quantitative estimate of drug-likeness (QED) is 0.520. The number of fused-ring (bicyclic) bond motifs is 3. The summed E-state index contributed by atoms with van der Waals surface area (Å²) in [5.74, 6) is 0.801. The van der Waals surface area contributed by atoms with Crippen molar-refractivity contribution in [3.63, 3.8) is 0 Å². The highest BCUT2D eigenvalue weighted by Gasteiger charge is 2.37. The highest BCUT2D eigenvalue weighted by molar-refractivity contribution is 6.04. The summed E-state index contributed by atoms with van der Waals surface area (Å²) in [5.41, 5.74) is 3.21. The summed E-state index contributed by atoms with van der Waals surface area (Å²) in [6.07, 6.45) is 0.0577. The van der Waals surface area contributed by atoms with Gasteiger partial charge in [-0.2, -0.15) is 0 Å². The Morgan fingerprint density at radius 3 is 2.50 bits per heavy atom. The van der Waals surface area contributed by atoms with Gasteiger partial charge in [0.15, 0.2) is 0 Å². The minimum Gasteiger partial charge on any atom is -0.497 e. The second kappa shape index (κ2) is 8.19. The van der Waals surface area contributed by atoms with Gasteiger partial charge in [0.1, 0.15) is 11.8 Å². The molecule has 1 N–H and O–H groups in total. The molecule has 3 aromatic carbocycles. The smallest absolute Gasteiger partial charge is 0.248 e. The van der Waals surface area contributed by atoms with Crippen molar-refractivity contribution in [2.75, 3.05) is 17.3 Å². The number of aromatic nitrogens is 2. The fourth-order valence-electron chi connectivity index (χ4n) is 4.04.